The van der Waals surface area contributed by atoms with Crippen LogP contribution in [-0.4, -0.2) is 36.2 Å². The Bertz CT molecular complexity index is 257. The average molecular weight is 226 g/mol. The molecular formula is C12H22N2O2. The van der Waals surface area contributed by atoms with E-state index in [1.807, 2.05) is 0 Å². The SMILES string of the molecule is CC1CC(C2CC(C(=O)O)CCN2)CCN1. The van der Waals surface area contributed by atoms with Gasteiger partial charge in [0.25, 0.3) is 0 Å². The van der Waals surface area contributed by atoms with E-state index in [-0.39, 0.29) is 5.92 Å². The van der Waals surface area contributed by atoms with Gasteiger partial charge >= 0.3 is 5.97 Å². The summed E-state index contributed by atoms with van der Waals surface area (Å²) >= 11 is 0. The van der Waals surface area contributed by atoms with Gasteiger partial charge in [0.05, 0.1) is 5.92 Å². The number of hydrogen-bond acceptors (Lipinski definition) is 3. The third kappa shape index (κ3) is 2.74. The van der Waals surface area contributed by atoms with Crippen LogP contribution in [0.3, 0.4) is 0 Å². The van der Waals surface area contributed by atoms with Crippen LogP contribution in [0.2, 0.25) is 0 Å². The highest BCUT2D eigenvalue weighted by molar-refractivity contribution is 5.70. The molecule has 0 aromatic rings. The van der Waals surface area contributed by atoms with Crippen molar-refractivity contribution in [3.8, 4) is 0 Å². The second kappa shape index (κ2) is 5.15. The number of nitrogens with one attached hydrogen (secondary N) is 2. The molecule has 3 N–H and O–H groups in total. The molecule has 0 radical (unpaired) electrons. The number of carboxylic acid groups (broad SMARTS) is 1. The Hall–Kier alpha value is -0.610. The zero-order valence-corrected chi connectivity index (χ0v) is 9.91. The number of rotatable bonds is 2. The van der Waals surface area contributed by atoms with Gasteiger partial charge in [0.15, 0.2) is 0 Å². The van der Waals surface area contributed by atoms with E-state index in [2.05, 4.69) is 17.6 Å². The summed E-state index contributed by atoms with van der Waals surface area (Å²) in [5, 5.41) is 16.0. The largest absolute Gasteiger partial charge is 0.481 e. The zero-order chi connectivity index (χ0) is 11.5. The predicted molar refractivity (Wildman–Crippen MR) is 62.3 cm³/mol. The summed E-state index contributed by atoms with van der Waals surface area (Å²) < 4.78 is 0. The lowest BCUT2D eigenvalue weighted by Crippen LogP contribution is -2.49. The molecule has 4 atom stereocenters. The molecule has 2 aliphatic heterocycles. The highest BCUT2D eigenvalue weighted by Crippen LogP contribution is 2.27. The van der Waals surface area contributed by atoms with Crippen molar-refractivity contribution in [3.05, 3.63) is 0 Å². The molecule has 4 unspecified atom stereocenters. The van der Waals surface area contributed by atoms with E-state index < -0.39 is 5.97 Å². The number of carbonyl (C=O) groups is 1. The quantitative estimate of drug-likeness (QED) is 0.652. The fourth-order valence-corrected chi connectivity index (χ4v) is 3.07. The van der Waals surface area contributed by atoms with Gasteiger partial charge in [0, 0.05) is 12.1 Å². The summed E-state index contributed by atoms with van der Waals surface area (Å²) in [6, 6.07) is 0.991. The van der Waals surface area contributed by atoms with E-state index >= 15 is 0 Å². The molecule has 16 heavy (non-hydrogen) atoms. The Morgan fingerprint density at radius 3 is 2.62 bits per heavy atom. The van der Waals surface area contributed by atoms with E-state index in [4.69, 9.17) is 5.11 Å². The van der Waals surface area contributed by atoms with Crippen molar-refractivity contribution < 1.29 is 9.90 Å². The van der Waals surface area contributed by atoms with E-state index in [1.165, 1.54) is 12.8 Å². The summed E-state index contributed by atoms with van der Waals surface area (Å²) in [6.07, 6.45) is 3.94. The molecule has 0 saturated carbocycles. The molecular weight excluding hydrogens is 204 g/mol. The number of carboxylic acids is 1. The minimum absolute atomic E-state index is 0.128. The van der Waals surface area contributed by atoms with Crippen LogP contribution in [0.4, 0.5) is 0 Å². The van der Waals surface area contributed by atoms with Crippen molar-refractivity contribution in [1.82, 2.24) is 10.6 Å². The lowest BCUT2D eigenvalue weighted by molar-refractivity contribution is -0.143. The van der Waals surface area contributed by atoms with Gasteiger partial charge in [-0.2, -0.15) is 0 Å². The smallest absolute Gasteiger partial charge is 0.306 e. The molecule has 0 amide bonds. The van der Waals surface area contributed by atoms with Crippen molar-refractivity contribution in [1.29, 1.82) is 0 Å². The predicted octanol–water partition coefficient (Wildman–Crippen LogP) is 0.827. The van der Waals surface area contributed by atoms with Gasteiger partial charge in [-0.15, -0.1) is 0 Å². The molecule has 0 bridgehead atoms. The molecule has 2 rings (SSSR count). The minimum Gasteiger partial charge on any atom is -0.481 e. The second-order valence-electron chi connectivity index (χ2n) is 5.26. The first-order valence-electron chi connectivity index (χ1n) is 6.36. The molecule has 2 fully saturated rings. The van der Waals surface area contributed by atoms with Crippen molar-refractivity contribution in [2.75, 3.05) is 13.1 Å². The molecule has 2 heterocycles. The normalized spacial score (nSPS) is 40.6. The minimum atomic E-state index is -0.617. The summed E-state index contributed by atoms with van der Waals surface area (Å²) in [5.41, 5.74) is 0. The van der Waals surface area contributed by atoms with Crippen LogP contribution < -0.4 is 10.6 Å². The Morgan fingerprint density at radius 2 is 1.94 bits per heavy atom. The maximum Gasteiger partial charge on any atom is 0.306 e. The highest BCUT2D eigenvalue weighted by Gasteiger charge is 2.33. The summed E-state index contributed by atoms with van der Waals surface area (Å²) in [4.78, 5) is 11.0. The molecule has 2 saturated heterocycles. The molecule has 0 aliphatic carbocycles. The zero-order valence-electron chi connectivity index (χ0n) is 9.91. The maximum atomic E-state index is 11.0. The number of piperidine rings is 2. The van der Waals surface area contributed by atoms with Crippen LogP contribution in [0.25, 0.3) is 0 Å². The molecule has 2 aliphatic rings. The van der Waals surface area contributed by atoms with Gasteiger partial charge in [-0.1, -0.05) is 0 Å². The first-order chi connectivity index (χ1) is 7.66. The lowest BCUT2D eigenvalue weighted by atomic mass is 9.80. The Kier molecular flexibility index (Phi) is 3.82. The Morgan fingerprint density at radius 1 is 1.19 bits per heavy atom. The van der Waals surface area contributed by atoms with Crippen molar-refractivity contribution >= 4 is 5.97 Å². The molecule has 4 nitrogen and oxygen atoms in total. The van der Waals surface area contributed by atoms with Crippen molar-refractivity contribution in [2.45, 2.75) is 44.7 Å². The lowest BCUT2D eigenvalue weighted by Gasteiger charge is -2.38. The van der Waals surface area contributed by atoms with E-state index in [0.717, 1.165) is 25.9 Å². The first-order valence-corrected chi connectivity index (χ1v) is 6.36. The van der Waals surface area contributed by atoms with E-state index in [1.54, 1.807) is 0 Å². The van der Waals surface area contributed by atoms with Crippen LogP contribution >= 0.6 is 0 Å². The Balaban J connectivity index is 1.90. The van der Waals surface area contributed by atoms with Crippen molar-refractivity contribution in [3.63, 3.8) is 0 Å². The first kappa shape index (κ1) is 11.9. The third-order valence-electron chi connectivity index (χ3n) is 4.02. The number of aliphatic carboxylic acids is 1. The van der Waals surface area contributed by atoms with Gasteiger partial charge in [0.2, 0.25) is 0 Å². The van der Waals surface area contributed by atoms with Crippen LogP contribution in [0.15, 0.2) is 0 Å². The van der Waals surface area contributed by atoms with Crippen molar-refractivity contribution in [2.24, 2.45) is 11.8 Å². The number of hydrogen-bond donors (Lipinski definition) is 3. The van der Waals surface area contributed by atoms with Gasteiger partial charge in [-0.3, -0.25) is 4.79 Å². The summed E-state index contributed by atoms with van der Waals surface area (Å²) in [7, 11) is 0. The average Bonchev–Trinajstić information content (AvgIpc) is 2.29. The van der Waals surface area contributed by atoms with Gasteiger partial charge in [-0.25, -0.2) is 0 Å². The summed E-state index contributed by atoms with van der Waals surface area (Å²) in [6.45, 7) is 4.14. The fourth-order valence-electron chi connectivity index (χ4n) is 3.07. The molecule has 0 aromatic carbocycles. The van der Waals surface area contributed by atoms with Gasteiger partial charge < -0.3 is 15.7 Å². The molecule has 0 spiro atoms. The fraction of sp³-hybridized carbons (Fsp3) is 0.917. The standard InChI is InChI=1S/C12H22N2O2/c1-8-6-9(2-4-13-8)11-7-10(12(15)16)3-5-14-11/h8-11,13-14H,2-7H2,1H3,(H,15,16). The maximum absolute atomic E-state index is 11.0. The van der Waals surface area contributed by atoms with Crippen LogP contribution in [0, 0.1) is 11.8 Å². The third-order valence-corrected chi connectivity index (χ3v) is 4.02. The van der Waals surface area contributed by atoms with E-state index in [9.17, 15) is 4.79 Å². The van der Waals surface area contributed by atoms with Crippen LogP contribution in [0.1, 0.15) is 32.6 Å². The highest BCUT2D eigenvalue weighted by atomic mass is 16.4. The monoisotopic (exact) mass is 226 g/mol. The topological polar surface area (TPSA) is 61.4 Å². The Labute approximate surface area is 96.8 Å². The molecule has 92 valence electrons. The molecule has 0 aromatic heterocycles. The second-order valence-corrected chi connectivity index (χ2v) is 5.26. The molecule has 4 heteroatoms. The van der Waals surface area contributed by atoms with Gasteiger partial charge in [-0.05, 0) is 51.6 Å². The van der Waals surface area contributed by atoms with E-state index in [0.29, 0.717) is 18.0 Å². The van der Waals surface area contributed by atoms with Gasteiger partial charge in [0.1, 0.15) is 0 Å². The van der Waals surface area contributed by atoms with Crippen LogP contribution in [-0.2, 0) is 4.79 Å². The summed E-state index contributed by atoms with van der Waals surface area (Å²) in [5.74, 6) is -0.0941. The van der Waals surface area contributed by atoms with Crippen LogP contribution in [0.5, 0.6) is 0 Å².